The maximum Gasteiger partial charge on any atom is 0.321 e. The van der Waals surface area contributed by atoms with Crippen molar-refractivity contribution in [1.82, 2.24) is 24.4 Å². The molecule has 5 rings (SSSR count). The number of hydrogen-bond donors (Lipinski definition) is 3. The molecule has 0 spiro atoms. The largest absolute Gasteiger partial charge is 0.411 e. The Morgan fingerprint density at radius 1 is 0.981 bits per heavy atom. The minimum Gasteiger partial charge on any atom is -0.411 e. The van der Waals surface area contributed by atoms with Gasteiger partial charge in [-0.05, 0) is 64.8 Å². The van der Waals surface area contributed by atoms with Gasteiger partial charge in [-0.15, -0.1) is 0 Å². The third-order valence-electron chi connectivity index (χ3n) is 9.32. The zero-order valence-electron chi connectivity index (χ0n) is 31.0. The van der Waals surface area contributed by atoms with Crippen molar-refractivity contribution in [3.8, 4) is 0 Å². The fraction of sp³-hybridized carbons (Fsp3) is 0.400. The SMILES string of the molecule is CC(C)CN(C[C@@H](O)[C@H](Cc1ccccc1)NC(=O)C(N1CCN(Cc2ccc3ncccc3c2)C1=O)C(C)(C)C)S(=O)(=O)c1ccc(/C=N/O)cc1. The summed E-state index contributed by atoms with van der Waals surface area (Å²) in [4.78, 5) is 36.1. The van der Waals surface area contributed by atoms with Gasteiger partial charge in [0, 0.05) is 44.3 Å². The van der Waals surface area contributed by atoms with Crippen molar-refractivity contribution in [2.75, 3.05) is 26.2 Å². The highest BCUT2D eigenvalue weighted by Gasteiger charge is 2.44. The number of aromatic nitrogens is 1. The van der Waals surface area contributed by atoms with Gasteiger partial charge in [-0.2, -0.15) is 4.31 Å². The summed E-state index contributed by atoms with van der Waals surface area (Å²) in [5, 5.41) is 27.8. The molecule has 1 saturated heterocycles. The number of pyridine rings is 1. The van der Waals surface area contributed by atoms with Gasteiger partial charge in [0.2, 0.25) is 15.9 Å². The third kappa shape index (κ3) is 9.78. The number of urea groups is 1. The zero-order chi connectivity index (χ0) is 38.3. The van der Waals surface area contributed by atoms with Gasteiger partial charge in [0.15, 0.2) is 0 Å². The Balaban J connectivity index is 1.38. The summed E-state index contributed by atoms with van der Waals surface area (Å²) in [5.74, 6) is -0.496. The maximum atomic E-state index is 14.4. The summed E-state index contributed by atoms with van der Waals surface area (Å²) in [6.07, 6.45) is 1.87. The number of oxime groups is 1. The smallest absolute Gasteiger partial charge is 0.321 e. The molecule has 0 radical (unpaired) electrons. The van der Waals surface area contributed by atoms with Crippen LogP contribution in [0.5, 0.6) is 0 Å². The van der Waals surface area contributed by atoms with E-state index < -0.39 is 39.5 Å². The molecule has 282 valence electrons. The predicted octanol–water partition coefficient (Wildman–Crippen LogP) is 5.13. The molecule has 3 atom stereocenters. The molecular weight excluding hydrogens is 693 g/mol. The molecule has 1 aliphatic heterocycles. The predicted molar refractivity (Wildman–Crippen MR) is 205 cm³/mol. The third-order valence-corrected chi connectivity index (χ3v) is 11.2. The number of rotatable bonds is 15. The molecular formula is C40H50N6O6S. The van der Waals surface area contributed by atoms with E-state index in [0.29, 0.717) is 25.2 Å². The lowest BCUT2D eigenvalue weighted by Gasteiger charge is -2.38. The molecule has 1 aromatic heterocycles. The van der Waals surface area contributed by atoms with Gasteiger partial charge in [-0.1, -0.05) is 94.4 Å². The molecule has 1 aliphatic rings. The highest BCUT2D eigenvalue weighted by Crippen LogP contribution is 2.29. The van der Waals surface area contributed by atoms with Crippen LogP contribution in [0, 0.1) is 11.3 Å². The van der Waals surface area contributed by atoms with Crippen LogP contribution in [0.15, 0.2) is 101 Å². The number of hydrogen-bond acceptors (Lipinski definition) is 8. The minimum absolute atomic E-state index is 0.0225. The van der Waals surface area contributed by atoms with Crippen molar-refractivity contribution < 1.29 is 28.3 Å². The average molecular weight is 743 g/mol. The van der Waals surface area contributed by atoms with Crippen LogP contribution in [0.25, 0.3) is 10.9 Å². The summed E-state index contributed by atoms with van der Waals surface area (Å²) in [7, 11) is -4.07. The van der Waals surface area contributed by atoms with Crippen molar-refractivity contribution in [2.45, 2.75) is 70.7 Å². The van der Waals surface area contributed by atoms with Gasteiger partial charge in [0.25, 0.3) is 0 Å². The Morgan fingerprint density at radius 2 is 1.70 bits per heavy atom. The van der Waals surface area contributed by atoms with E-state index >= 15 is 0 Å². The number of aliphatic hydroxyl groups is 1. The number of fused-ring (bicyclic) bond motifs is 1. The Hall–Kier alpha value is -4.85. The van der Waals surface area contributed by atoms with Crippen molar-refractivity contribution in [1.29, 1.82) is 0 Å². The van der Waals surface area contributed by atoms with E-state index in [1.54, 1.807) is 16.0 Å². The van der Waals surface area contributed by atoms with Crippen LogP contribution in [-0.2, 0) is 27.8 Å². The van der Waals surface area contributed by atoms with Crippen LogP contribution < -0.4 is 5.32 Å². The molecule has 4 aromatic rings. The fourth-order valence-electron chi connectivity index (χ4n) is 6.80. The van der Waals surface area contributed by atoms with Crippen LogP contribution in [0.4, 0.5) is 4.79 Å². The summed E-state index contributed by atoms with van der Waals surface area (Å²) in [5.41, 5.74) is 2.52. The molecule has 13 heteroatoms. The molecule has 0 bridgehead atoms. The van der Waals surface area contributed by atoms with E-state index in [-0.39, 0.29) is 36.4 Å². The summed E-state index contributed by atoms with van der Waals surface area (Å²) in [6, 6.07) is 23.0. The normalized spacial score (nSPS) is 15.8. The molecule has 2 heterocycles. The van der Waals surface area contributed by atoms with E-state index in [2.05, 4.69) is 15.5 Å². The Morgan fingerprint density at radius 3 is 2.36 bits per heavy atom. The monoisotopic (exact) mass is 742 g/mol. The first kappa shape index (κ1) is 39.4. The van der Waals surface area contributed by atoms with Crippen LogP contribution in [0.2, 0.25) is 0 Å². The molecule has 3 aromatic carbocycles. The van der Waals surface area contributed by atoms with Crippen molar-refractivity contribution in [3.63, 3.8) is 0 Å². The number of amides is 3. The number of benzene rings is 3. The average Bonchev–Trinajstić information content (AvgIpc) is 3.45. The summed E-state index contributed by atoms with van der Waals surface area (Å²) in [6.45, 7) is 10.5. The van der Waals surface area contributed by atoms with Gasteiger partial charge in [-0.3, -0.25) is 9.78 Å². The molecule has 12 nitrogen and oxygen atoms in total. The van der Waals surface area contributed by atoms with Crippen LogP contribution in [-0.4, -0.2) is 100 Å². The molecule has 1 fully saturated rings. The van der Waals surface area contributed by atoms with E-state index in [4.69, 9.17) is 5.21 Å². The number of carbonyl (C=O) groups excluding carboxylic acids is 2. The van der Waals surface area contributed by atoms with Gasteiger partial charge in [-0.25, -0.2) is 13.2 Å². The maximum absolute atomic E-state index is 14.4. The molecule has 53 heavy (non-hydrogen) atoms. The Kier molecular flexibility index (Phi) is 12.5. The number of nitrogens with one attached hydrogen (secondary N) is 1. The number of carbonyl (C=O) groups is 2. The van der Waals surface area contributed by atoms with Crippen LogP contribution in [0.1, 0.15) is 51.3 Å². The molecule has 0 saturated carbocycles. The van der Waals surface area contributed by atoms with Gasteiger partial charge < -0.3 is 25.4 Å². The summed E-state index contributed by atoms with van der Waals surface area (Å²) < 4.78 is 29.1. The Bertz CT molecular complexity index is 2000. The molecule has 0 aliphatic carbocycles. The first-order valence-electron chi connectivity index (χ1n) is 17.9. The first-order chi connectivity index (χ1) is 25.2. The quantitative estimate of drug-likeness (QED) is 0.0867. The first-order valence-corrected chi connectivity index (χ1v) is 19.3. The standard InChI is InChI=1S/C40H50N6O6S/c1-28(2)25-45(53(51,52)33-16-13-30(14-17-33)24-42-50)27-36(47)35(23-29-10-7-6-8-11-29)43-38(48)37(40(3,4)5)46-21-20-44(39(46)49)26-31-15-18-34-32(22-31)12-9-19-41-34/h6-19,22,24,28,35-37,47,50H,20-21,23,25-27H2,1-5H3,(H,43,48)/b42-24+/t35-,36+,37?/m0/s1. The second-order valence-electron chi connectivity index (χ2n) is 15.1. The van der Waals surface area contributed by atoms with E-state index in [1.165, 1.54) is 34.8 Å². The lowest BCUT2D eigenvalue weighted by atomic mass is 9.84. The topological polar surface area (TPSA) is 156 Å². The van der Waals surface area contributed by atoms with Crippen LogP contribution in [0.3, 0.4) is 0 Å². The Labute approximate surface area is 312 Å². The molecule has 3 N–H and O–H groups in total. The van der Waals surface area contributed by atoms with Crippen molar-refractivity contribution >= 4 is 39.1 Å². The lowest BCUT2D eigenvalue weighted by Crippen LogP contribution is -2.59. The highest BCUT2D eigenvalue weighted by atomic mass is 32.2. The van der Waals surface area contributed by atoms with Crippen molar-refractivity contribution in [3.05, 3.63) is 108 Å². The zero-order valence-corrected chi connectivity index (χ0v) is 31.8. The van der Waals surface area contributed by atoms with E-state index in [0.717, 1.165) is 22.0 Å². The summed E-state index contributed by atoms with van der Waals surface area (Å²) >= 11 is 0. The number of aliphatic hydroxyl groups excluding tert-OH is 1. The lowest BCUT2D eigenvalue weighted by molar-refractivity contribution is -0.130. The molecule has 3 amide bonds. The van der Waals surface area contributed by atoms with Gasteiger partial charge in [0.05, 0.1) is 28.8 Å². The number of sulfonamides is 1. The van der Waals surface area contributed by atoms with Crippen molar-refractivity contribution in [2.24, 2.45) is 16.5 Å². The number of nitrogens with zero attached hydrogens (tertiary/aromatic N) is 5. The van der Waals surface area contributed by atoms with Crippen LogP contribution >= 0.6 is 0 Å². The second kappa shape index (κ2) is 16.9. The van der Waals surface area contributed by atoms with Gasteiger partial charge >= 0.3 is 6.03 Å². The minimum atomic E-state index is -4.07. The van der Waals surface area contributed by atoms with E-state index in [9.17, 15) is 23.1 Å². The van der Waals surface area contributed by atoms with E-state index in [1.807, 2.05) is 95.3 Å². The highest BCUT2D eigenvalue weighted by molar-refractivity contribution is 7.89. The van der Waals surface area contributed by atoms with Gasteiger partial charge in [0.1, 0.15) is 6.04 Å². The fourth-order valence-corrected chi connectivity index (χ4v) is 8.42. The second-order valence-corrected chi connectivity index (χ2v) is 17.0. The molecule has 1 unspecified atom stereocenters.